The summed E-state index contributed by atoms with van der Waals surface area (Å²) in [7, 11) is -3.71. The van der Waals surface area contributed by atoms with Crippen molar-refractivity contribution in [2.24, 2.45) is 0 Å². The van der Waals surface area contributed by atoms with Gasteiger partial charge in [0.05, 0.1) is 4.90 Å². The minimum atomic E-state index is -3.71. The molecular formula is C10H9BrFN3O3S. The molecule has 2 rings (SSSR count). The number of sulfonamides is 1. The van der Waals surface area contributed by atoms with Crippen LogP contribution in [0.3, 0.4) is 0 Å². The van der Waals surface area contributed by atoms with Gasteiger partial charge in [-0.25, -0.2) is 17.5 Å². The number of hydrogen-bond donors (Lipinski definition) is 1. The largest absolute Gasteiger partial charge is 0.343 e. The predicted octanol–water partition coefficient (Wildman–Crippen LogP) is 1.49. The van der Waals surface area contributed by atoms with E-state index >= 15 is 0 Å². The molecule has 1 aromatic heterocycles. The van der Waals surface area contributed by atoms with Crippen molar-refractivity contribution in [3.8, 4) is 0 Å². The highest BCUT2D eigenvalue weighted by Gasteiger charge is 2.17. The van der Waals surface area contributed by atoms with Gasteiger partial charge in [0, 0.05) is 17.4 Å². The normalized spacial score (nSPS) is 11.7. The van der Waals surface area contributed by atoms with Gasteiger partial charge in [-0.2, -0.15) is 4.98 Å². The molecule has 0 fully saturated rings. The van der Waals surface area contributed by atoms with Crippen molar-refractivity contribution < 1.29 is 17.3 Å². The zero-order valence-corrected chi connectivity index (χ0v) is 11.9. The summed E-state index contributed by atoms with van der Waals surface area (Å²) in [6, 6.07) is 3.36. The Morgan fingerprint density at radius 3 is 2.84 bits per heavy atom. The third kappa shape index (κ3) is 3.58. The lowest BCUT2D eigenvalue weighted by atomic mass is 10.3. The van der Waals surface area contributed by atoms with Gasteiger partial charge in [-0.1, -0.05) is 5.16 Å². The van der Waals surface area contributed by atoms with Crippen LogP contribution in [0, 0.1) is 5.82 Å². The molecule has 0 spiro atoms. The van der Waals surface area contributed by atoms with Gasteiger partial charge in [-0.05, 0) is 34.1 Å². The molecule has 1 heterocycles. The Hall–Kier alpha value is -1.32. The highest BCUT2D eigenvalue weighted by Crippen LogP contribution is 2.22. The summed E-state index contributed by atoms with van der Waals surface area (Å²) < 4.78 is 43.9. The number of hydrogen-bond acceptors (Lipinski definition) is 5. The monoisotopic (exact) mass is 349 g/mol. The van der Waals surface area contributed by atoms with Gasteiger partial charge >= 0.3 is 0 Å². The number of nitrogens with one attached hydrogen (secondary N) is 1. The Kier molecular flexibility index (Phi) is 4.27. The fraction of sp³-hybridized carbons (Fsp3) is 0.200. The Balaban J connectivity index is 2.05. The van der Waals surface area contributed by atoms with Crippen LogP contribution in [0.15, 0.2) is 38.5 Å². The molecule has 0 unspecified atom stereocenters. The third-order valence-corrected chi connectivity index (χ3v) is 4.67. The standard InChI is InChI=1S/C10H9BrFN3O3S/c11-8-5-7(12)1-2-9(8)19(16,17)14-4-3-10-13-6-18-15-10/h1-2,5-6,14H,3-4H2. The zero-order chi connectivity index (χ0) is 13.9. The van der Waals surface area contributed by atoms with Crippen LogP contribution in [0.4, 0.5) is 4.39 Å². The van der Waals surface area contributed by atoms with Gasteiger partial charge in [0.2, 0.25) is 16.4 Å². The third-order valence-electron chi connectivity index (χ3n) is 2.23. The van der Waals surface area contributed by atoms with Crippen LogP contribution in [0.25, 0.3) is 0 Å². The first-order valence-electron chi connectivity index (χ1n) is 5.19. The van der Waals surface area contributed by atoms with E-state index in [4.69, 9.17) is 0 Å². The molecule has 1 aromatic carbocycles. The molecule has 0 aliphatic heterocycles. The number of nitrogens with zero attached hydrogens (tertiary/aromatic N) is 2. The lowest BCUT2D eigenvalue weighted by Gasteiger charge is -2.07. The van der Waals surface area contributed by atoms with Gasteiger partial charge in [-0.15, -0.1) is 0 Å². The molecule has 0 radical (unpaired) electrons. The molecule has 19 heavy (non-hydrogen) atoms. The van der Waals surface area contributed by atoms with E-state index in [1.807, 2.05) is 0 Å². The first-order valence-corrected chi connectivity index (χ1v) is 7.46. The van der Waals surface area contributed by atoms with Crippen molar-refractivity contribution in [3.05, 3.63) is 40.7 Å². The van der Waals surface area contributed by atoms with Crippen LogP contribution >= 0.6 is 15.9 Å². The Labute approximate surface area is 117 Å². The molecule has 102 valence electrons. The zero-order valence-electron chi connectivity index (χ0n) is 9.51. The van der Waals surface area contributed by atoms with Crippen molar-refractivity contribution in [1.29, 1.82) is 0 Å². The van der Waals surface area contributed by atoms with Crippen LogP contribution in [-0.4, -0.2) is 25.1 Å². The summed E-state index contributed by atoms with van der Waals surface area (Å²) in [5.41, 5.74) is 0. The molecule has 0 aliphatic carbocycles. The van der Waals surface area contributed by atoms with E-state index in [0.717, 1.165) is 12.1 Å². The lowest BCUT2D eigenvalue weighted by molar-refractivity contribution is 0.410. The second-order valence-electron chi connectivity index (χ2n) is 3.57. The minimum absolute atomic E-state index is 0.0259. The maximum Gasteiger partial charge on any atom is 0.241 e. The van der Waals surface area contributed by atoms with Crippen molar-refractivity contribution in [2.45, 2.75) is 11.3 Å². The van der Waals surface area contributed by atoms with E-state index in [1.54, 1.807) is 0 Å². The highest BCUT2D eigenvalue weighted by atomic mass is 79.9. The molecule has 0 saturated heterocycles. The SMILES string of the molecule is O=S(=O)(NCCc1ncon1)c1ccc(F)cc1Br. The lowest BCUT2D eigenvalue weighted by Crippen LogP contribution is -2.26. The van der Waals surface area contributed by atoms with Crippen LogP contribution in [0.5, 0.6) is 0 Å². The number of benzene rings is 1. The van der Waals surface area contributed by atoms with E-state index in [-0.39, 0.29) is 15.9 Å². The summed E-state index contributed by atoms with van der Waals surface area (Å²) in [5, 5.41) is 3.56. The van der Waals surface area contributed by atoms with Gasteiger partial charge in [0.25, 0.3) is 0 Å². The maximum atomic E-state index is 12.9. The molecule has 0 bridgehead atoms. The minimum Gasteiger partial charge on any atom is -0.343 e. The van der Waals surface area contributed by atoms with Gasteiger partial charge in [0.1, 0.15) is 5.82 Å². The second-order valence-corrected chi connectivity index (χ2v) is 6.16. The molecule has 0 aliphatic rings. The number of halogens is 2. The molecule has 1 N–H and O–H groups in total. The summed E-state index contributed by atoms with van der Waals surface area (Å²) in [5.74, 6) is -0.113. The Morgan fingerprint density at radius 1 is 1.42 bits per heavy atom. The van der Waals surface area contributed by atoms with E-state index in [0.29, 0.717) is 12.2 Å². The van der Waals surface area contributed by atoms with Gasteiger partial charge in [0.15, 0.2) is 5.82 Å². The van der Waals surface area contributed by atoms with Crippen molar-refractivity contribution in [2.75, 3.05) is 6.54 Å². The summed E-state index contributed by atoms with van der Waals surface area (Å²) in [6.07, 6.45) is 1.47. The van der Waals surface area contributed by atoms with E-state index in [2.05, 4.69) is 35.3 Å². The molecule has 9 heteroatoms. The van der Waals surface area contributed by atoms with E-state index < -0.39 is 15.8 Å². The van der Waals surface area contributed by atoms with Crippen LogP contribution in [0.2, 0.25) is 0 Å². The fourth-order valence-corrected chi connectivity index (χ4v) is 3.45. The highest BCUT2D eigenvalue weighted by molar-refractivity contribution is 9.10. The molecule has 0 saturated carbocycles. The summed E-state index contributed by atoms with van der Waals surface area (Å²) >= 11 is 3.01. The van der Waals surface area contributed by atoms with Crippen LogP contribution in [0.1, 0.15) is 5.82 Å². The fourth-order valence-electron chi connectivity index (χ4n) is 1.37. The molecule has 6 nitrogen and oxygen atoms in total. The predicted molar refractivity (Wildman–Crippen MR) is 67.3 cm³/mol. The average Bonchev–Trinajstić information content (AvgIpc) is 2.81. The Bertz CT molecular complexity index is 661. The van der Waals surface area contributed by atoms with E-state index in [9.17, 15) is 12.8 Å². The van der Waals surface area contributed by atoms with Gasteiger partial charge < -0.3 is 4.52 Å². The number of aromatic nitrogens is 2. The first kappa shape index (κ1) is 14.1. The summed E-state index contributed by atoms with van der Waals surface area (Å²) in [4.78, 5) is 3.74. The maximum absolute atomic E-state index is 12.9. The first-order chi connectivity index (χ1) is 8.99. The molecule has 0 amide bonds. The van der Waals surface area contributed by atoms with Crippen LogP contribution < -0.4 is 4.72 Å². The van der Waals surface area contributed by atoms with Crippen molar-refractivity contribution >= 4 is 26.0 Å². The number of rotatable bonds is 5. The topological polar surface area (TPSA) is 85.1 Å². The quantitative estimate of drug-likeness (QED) is 0.883. The molecule has 0 atom stereocenters. The molecular weight excluding hydrogens is 341 g/mol. The average molecular weight is 350 g/mol. The summed E-state index contributed by atoms with van der Waals surface area (Å²) in [6.45, 7) is 0.117. The molecule has 2 aromatic rings. The van der Waals surface area contributed by atoms with Crippen molar-refractivity contribution in [1.82, 2.24) is 14.9 Å². The van der Waals surface area contributed by atoms with E-state index in [1.165, 1.54) is 12.5 Å². The van der Waals surface area contributed by atoms with Gasteiger partial charge in [-0.3, -0.25) is 0 Å². The smallest absolute Gasteiger partial charge is 0.241 e. The van der Waals surface area contributed by atoms with Crippen LogP contribution in [-0.2, 0) is 16.4 Å². The Morgan fingerprint density at radius 2 is 2.21 bits per heavy atom. The van der Waals surface area contributed by atoms with Crippen molar-refractivity contribution in [3.63, 3.8) is 0 Å². The second kappa shape index (κ2) is 5.76.